The van der Waals surface area contributed by atoms with Gasteiger partial charge in [0.2, 0.25) is 5.91 Å². The predicted molar refractivity (Wildman–Crippen MR) is 77.4 cm³/mol. The molecule has 1 aromatic carbocycles. The average molecular weight is 278 g/mol. The van der Waals surface area contributed by atoms with Crippen molar-refractivity contribution in [1.29, 1.82) is 0 Å². The van der Waals surface area contributed by atoms with Crippen LogP contribution >= 0.6 is 0 Å². The van der Waals surface area contributed by atoms with E-state index in [2.05, 4.69) is 0 Å². The molecule has 0 aromatic heterocycles. The Balaban J connectivity index is 1.66. The molecule has 110 valence electrons. The summed E-state index contributed by atoms with van der Waals surface area (Å²) in [6.45, 7) is 1.80. The number of para-hydroxylation sites is 2. The fourth-order valence-electron chi connectivity index (χ4n) is 2.29. The molecule has 3 N–H and O–H groups in total. The zero-order valence-corrected chi connectivity index (χ0v) is 11.6. The number of carbonyl (C=O) groups is 1. The monoisotopic (exact) mass is 278 g/mol. The molecule has 1 saturated heterocycles. The molecule has 0 aliphatic carbocycles. The summed E-state index contributed by atoms with van der Waals surface area (Å²) >= 11 is 0. The third kappa shape index (κ3) is 4.13. The first-order chi connectivity index (χ1) is 9.66. The van der Waals surface area contributed by atoms with Gasteiger partial charge in [0, 0.05) is 19.5 Å². The number of rotatable bonds is 5. The van der Waals surface area contributed by atoms with Gasteiger partial charge in [0.25, 0.3) is 0 Å². The maximum absolute atomic E-state index is 11.9. The minimum Gasteiger partial charge on any atom is -0.491 e. The Morgan fingerprint density at radius 2 is 2.05 bits per heavy atom. The van der Waals surface area contributed by atoms with Crippen molar-refractivity contribution in [2.24, 2.45) is 0 Å². The number of piperidine rings is 1. The van der Waals surface area contributed by atoms with E-state index in [0.29, 0.717) is 56.8 Å². The lowest BCUT2D eigenvalue weighted by Gasteiger charge is -2.29. The number of ether oxygens (including phenoxy) is 1. The molecule has 0 atom stereocenters. The Bertz CT molecular complexity index is 442. The second-order valence-electron chi connectivity index (χ2n) is 5.10. The van der Waals surface area contributed by atoms with E-state index >= 15 is 0 Å². The highest BCUT2D eigenvalue weighted by atomic mass is 16.5. The van der Waals surface area contributed by atoms with Gasteiger partial charge in [0.05, 0.1) is 18.4 Å². The van der Waals surface area contributed by atoms with E-state index in [4.69, 9.17) is 10.5 Å². The van der Waals surface area contributed by atoms with Gasteiger partial charge in [-0.1, -0.05) is 12.1 Å². The Morgan fingerprint density at radius 3 is 2.75 bits per heavy atom. The van der Waals surface area contributed by atoms with E-state index in [1.54, 1.807) is 6.07 Å². The smallest absolute Gasteiger partial charge is 0.222 e. The van der Waals surface area contributed by atoms with Gasteiger partial charge in [-0.25, -0.2) is 0 Å². The maximum Gasteiger partial charge on any atom is 0.222 e. The van der Waals surface area contributed by atoms with Crippen molar-refractivity contribution in [3.05, 3.63) is 24.3 Å². The zero-order valence-electron chi connectivity index (χ0n) is 11.6. The van der Waals surface area contributed by atoms with Crippen LogP contribution in [0, 0.1) is 0 Å². The van der Waals surface area contributed by atoms with Crippen LogP contribution in [0.2, 0.25) is 0 Å². The molecule has 0 saturated carbocycles. The standard InChI is InChI=1S/C15H22N2O3/c16-13-4-1-2-5-14(13)20-11-3-6-15(19)17-9-7-12(18)8-10-17/h1-2,4-5,12,18H,3,6-11,16H2. The number of anilines is 1. The Morgan fingerprint density at radius 1 is 1.35 bits per heavy atom. The summed E-state index contributed by atoms with van der Waals surface area (Å²) in [5, 5.41) is 9.41. The van der Waals surface area contributed by atoms with Crippen LogP contribution in [0.3, 0.4) is 0 Å². The van der Waals surface area contributed by atoms with Crippen molar-refractivity contribution in [3.8, 4) is 5.75 Å². The Hall–Kier alpha value is -1.75. The molecule has 1 aromatic rings. The van der Waals surface area contributed by atoms with E-state index in [1.807, 2.05) is 23.1 Å². The highest BCUT2D eigenvalue weighted by Crippen LogP contribution is 2.20. The van der Waals surface area contributed by atoms with Gasteiger partial charge in [-0.15, -0.1) is 0 Å². The third-order valence-corrected chi connectivity index (χ3v) is 3.53. The van der Waals surface area contributed by atoms with Gasteiger partial charge in [-0.05, 0) is 31.4 Å². The number of hydrogen-bond donors (Lipinski definition) is 2. The fraction of sp³-hybridized carbons (Fsp3) is 0.533. The maximum atomic E-state index is 11.9. The Labute approximate surface area is 119 Å². The van der Waals surface area contributed by atoms with E-state index < -0.39 is 0 Å². The van der Waals surface area contributed by atoms with Crippen LogP contribution in [0.4, 0.5) is 5.69 Å². The van der Waals surface area contributed by atoms with Gasteiger partial charge in [0.15, 0.2) is 0 Å². The van der Waals surface area contributed by atoms with E-state index in [0.717, 1.165) is 0 Å². The molecule has 0 unspecified atom stereocenters. The van der Waals surface area contributed by atoms with Crippen LogP contribution in [0.15, 0.2) is 24.3 Å². The largest absolute Gasteiger partial charge is 0.491 e. The van der Waals surface area contributed by atoms with Crippen molar-refractivity contribution in [2.75, 3.05) is 25.4 Å². The summed E-state index contributed by atoms with van der Waals surface area (Å²) in [4.78, 5) is 13.8. The molecule has 0 bridgehead atoms. The second-order valence-corrected chi connectivity index (χ2v) is 5.10. The molecule has 2 rings (SSSR count). The number of nitrogens with zero attached hydrogens (tertiary/aromatic N) is 1. The van der Waals surface area contributed by atoms with Crippen LogP contribution in [-0.4, -0.2) is 41.7 Å². The van der Waals surface area contributed by atoms with Crippen LogP contribution in [0.25, 0.3) is 0 Å². The van der Waals surface area contributed by atoms with Gasteiger partial charge in [0.1, 0.15) is 5.75 Å². The number of nitrogen functional groups attached to an aromatic ring is 1. The molecular weight excluding hydrogens is 256 g/mol. The molecular formula is C15H22N2O3. The highest BCUT2D eigenvalue weighted by Gasteiger charge is 2.20. The molecule has 1 amide bonds. The van der Waals surface area contributed by atoms with Gasteiger partial charge < -0.3 is 20.5 Å². The van der Waals surface area contributed by atoms with Gasteiger partial charge in [-0.3, -0.25) is 4.79 Å². The van der Waals surface area contributed by atoms with Crippen LogP contribution in [0.5, 0.6) is 5.75 Å². The van der Waals surface area contributed by atoms with Crippen LogP contribution < -0.4 is 10.5 Å². The summed E-state index contributed by atoms with van der Waals surface area (Å²) in [6.07, 6.45) is 2.27. The number of carbonyl (C=O) groups excluding carboxylic acids is 1. The first kappa shape index (κ1) is 14.7. The van der Waals surface area contributed by atoms with Crippen LogP contribution in [0.1, 0.15) is 25.7 Å². The summed E-state index contributed by atoms with van der Waals surface area (Å²) in [5.74, 6) is 0.808. The summed E-state index contributed by atoms with van der Waals surface area (Å²) < 4.78 is 5.56. The normalized spacial score (nSPS) is 16.1. The minimum absolute atomic E-state index is 0.140. The summed E-state index contributed by atoms with van der Waals surface area (Å²) in [6, 6.07) is 7.34. The Kier molecular flexibility index (Phi) is 5.24. The highest BCUT2D eigenvalue weighted by molar-refractivity contribution is 5.76. The fourth-order valence-corrected chi connectivity index (χ4v) is 2.29. The van der Waals surface area contributed by atoms with E-state index in [1.165, 1.54) is 0 Å². The number of aliphatic hydroxyl groups is 1. The lowest BCUT2D eigenvalue weighted by molar-refractivity contribution is -0.133. The molecule has 5 nitrogen and oxygen atoms in total. The number of aliphatic hydroxyl groups excluding tert-OH is 1. The van der Waals surface area contributed by atoms with Gasteiger partial charge >= 0.3 is 0 Å². The SMILES string of the molecule is Nc1ccccc1OCCCC(=O)N1CCC(O)CC1. The molecule has 1 fully saturated rings. The summed E-state index contributed by atoms with van der Waals surface area (Å²) in [5.41, 5.74) is 6.38. The minimum atomic E-state index is -0.247. The molecule has 20 heavy (non-hydrogen) atoms. The number of hydrogen-bond acceptors (Lipinski definition) is 4. The van der Waals surface area contributed by atoms with Crippen molar-refractivity contribution < 1.29 is 14.6 Å². The first-order valence-corrected chi connectivity index (χ1v) is 7.10. The number of likely N-dealkylation sites (tertiary alicyclic amines) is 1. The van der Waals surface area contributed by atoms with Crippen molar-refractivity contribution in [2.45, 2.75) is 31.8 Å². The molecule has 5 heteroatoms. The van der Waals surface area contributed by atoms with Crippen molar-refractivity contribution in [1.82, 2.24) is 4.90 Å². The molecule has 1 aliphatic heterocycles. The topological polar surface area (TPSA) is 75.8 Å². The number of benzene rings is 1. The summed E-state index contributed by atoms with van der Waals surface area (Å²) in [7, 11) is 0. The third-order valence-electron chi connectivity index (χ3n) is 3.53. The predicted octanol–water partition coefficient (Wildman–Crippen LogP) is 1.41. The number of amides is 1. The van der Waals surface area contributed by atoms with E-state index in [9.17, 15) is 9.90 Å². The van der Waals surface area contributed by atoms with Gasteiger partial charge in [-0.2, -0.15) is 0 Å². The molecule has 1 heterocycles. The molecule has 0 radical (unpaired) electrons. The molecule has 1 aliphatic rings. The van der Waals surface area contributed by atoms with Crippen molar-refractivity contribution in [3.63, 3.8) is 0 Å². The second kappa shape index (κ2) is 7.14. The molecule has 0 spiro atoms. The zero-order chi connectivity index (χ0) is 14.4. The first-order valence-electron chi connectivity index (χ1n) is 7.10. The van der Waals surface area contributed by atoms with Crippen LogP contribution in [-0.2, 0) is 4.79 Å². The number of nitrogens with two attached hydrogens (primary N) is 1. The van der Waals surface area contributed by atoms with E-state index in [-0.39, 0.29) is 12.0 Å². The van der Waals surface area contributed by atoms with Crippen molar-refractivity contribution >= 4 is 11.6 Å². The average Bonchev–Trinajstić information content (AvgIpc) is 2.46. The quantitative estimate of drug-likeness (QED) is 0.631. The lowest BCUT2D eigenvalue weighted by Crippen LogP contribution is -2.40. The lowest BCUT2D eigenvalue weighted by atomic mass is 10.1.